The van der Waals surface area contributed by atoms with Crippen molar-refractivity contribution in [2.45, 2.75) is 65.5 Å². The summed E-state index contributed by atoms with van der Waals surface area (Å²) in [6.07, 6.45) is 3.55. The lowest BCUT2D eigenvalue weighted by Crippen LogP contribution is -2.52. The van der Waals surface area contributed by atoms with Gasteiger partial charge in [-0.15, -0.1) is 0 Å². The van der Waals surface area contributed by atoms with Gasteiger partial charge in [0, 0.05) is 12.5 Å². The summed E-state index contributed by atoms with van der Waals surface area (Å²) in [6, 6.07) is -1.06. The van der Waals surface area contributed by atoms with Crippen LogP contribution in [0, 0.1) is 5.92 Å². The number of hydrogen-bond donors (Lipinski definition) is 1. The molecule has 0 radical (unpaired) electrons. The predicted octanol–water partition coefficient (Wildman–Crippen LogP) is 2.00. The largest absolute Gasteiger partial charge is 0.499 e. The molecule has 0 fully saturated rings. The molecule has 0 aromatic carbocycles. The van der Waals surface area contributed by atoms with Crippen LogP contribution in [-0.4, -0.2) is 41.8 Å². The van der Waals surface area contributed by atoms with E-state index >= 15 is 0 Å². The number of imide groups is 1. The highest BCUT2D eigenvalue weighted by molar-refractivity contribution is 6.06. The van der Waals surface area contributed by atoms with E-state index in [1.54, 1.807) is 6.92 Å². The number of rotatable bonds is 8. The quantitative estimate of drug-likeness (QED) is 0.741. The molecule has 0 bridgehead atoms. The zero-order chi connectivity index (χ0) is 17.6. The molecule has 0 aliphatic carbocycles. The summed E-state index contributed by atoms with van der Waals surface area (Å²) >= 11 is 0. The Morgan fingerprint density at radius 3 is 2.48 bits per heavy atom. The van der Waals surface area contributed by atoms with E-state index in [0.717, 1.165) is 6.42 Å². The molecular formula is C17H28N2O4. The maximum atomic E-state index is 12.9. The number of ether oxygens (including phenoxy) is 1. The minimum Gasteiger partial charge on any atom is -0.499 e. The first-order chi connectivity index (χ1) is 10.8. The fourth-order valence-corrected chi connectivity index (χ4v) is 2.70. The fourth-order valence-electron chi connectivity index (χ4n) is 2.70. The molecule has 1 aliphatic heterocycles. The van der Waals surface area contributed by atoms with Crippen LogP contribution in [0.15, 0.2) is 11.8 Å². The summed E-state index contributed by atoms with van der Waals surface area (Å²) in [5.41, 5.74) is 0. The first kappa shape index (κ1) is 19.2. The van der Waals surface area contributed by atoms with Gasteiger partial charge in [0.15, 0.2) is 0 Å². The lowest BCUT2D eigenvalue weighted by atomic mass is 10.0. The van der Waals surface area contributed by atoms with Crippen molar-refractivity contribution < 1.29 is 19.1 Å². The Bertz CT molecular complexity index is 485. The van der Waals surface area contributed by atoms with Gasteiger partial charge in [-0.1, -0.05) is 34.1 Å². The van der Waals surface area contributed by atoms with Crippen molar-refractivity contribution in [3.8, 4) is 0 Å². The molecule has 1 N–H and O–H groups in total. The minimum atomic E-state index is -0.671. The van der Waals surface area contributed by atoms with E-state index in [0.29, 0.717) is 30.9 Å². The number of hydrogen-bond acceptors (Lipinski definition) is 4. The van der Waals surface area contributed by atoms with E-state index < -0.39 is 12.1 Å². The van der Waals surface area contributed by atoms with Crippen LogP contribution in [-0.2, 0) is 19.1 Å². The molecule has 1 aliphatic rings. The zero-order valence-corrected chi connectivity index (χ0v) is 14.7. The molecule has 0 spiro atoms. The Balaban J connectivity index is 3.00. The monoisotopic (exact) mass is 324 g/mol. The van der Waals surface area contributed by atoms with Gasteiger partial charge in [-0.3, -0.25) is 19.3 Å². The van der Waals surface area contributed by atoms with Crippen LogP contribution in [0.1, 0.15) is 53.4 Å². The van der Waals surface area contributed by atoms with Gasteiger partial charge < -0.3 is 10.1 Å². The molecule has 6 nitrogen and oxygen atoms in total. The second kappa shape index (κ2) is 8.70. The van der Waals surface area contributed by atoms with Crippen molar-refractivity contribution in [3.05, 3.63) is 11.8 Å². The van der Waals surface area contributed by atoms with Gasteiger partial charge in [-0.05, 0) is 18.8 Å². The molecule has 0 aromatic heterocycles. The third-order valence-electron chi connectivity index (χ3n) is 3.84. The molecule has 23 heavy (non-hydrogen) atoms. The van der Waals surface area contributed by atoms with Crippen LogP contribution in [0.3, 0.4) is 0 Å². The highest BCUT2D eigenvalue weighted by Gasteiger charge is 2.41. The third-order valence-corrected chi connectivity index (χ3v) is 3.84. The Labute approximate surface area is 138 Å². The summed E-state index contributed by atoms with van der Waals surface area (Å²) in [5.74, 6) is -0.107. The Morgan fingerprint density at radius 2 is 2.00 bits per heavy atom. The van der Waals surface area contributed by atoms with Gasteiger partial charge in [-0.25, -0.2) is 0 Å². The lowest BCUT2D eigenvalue weighted by Gasteiger charge is -2.29. The van der Waals surface area contributed by atoms with Crippen molar-refractivity contribution in [2.75, 3.05) is 7.11 Å². The molecule has 0 saturated heterocycles. The summed E-state index contributed by atoms with van der Waals surface area (Å²) in [7, 11) is 1.50. The van der Waals surface area contributed by atoms with Crippen LogP contribution in [0.4, 0.5) is 0 Å². The average Bonchev–Trinajstić information content (AvgIpc) is 2.80. The first-order valence-corrected chi connectivity index (χ1v) is 8.27. The zero-order valence-electron chi connectivity index (χ0n) is 14.7. The minimum absolute atomic E-state index is 0.191. The number of carbonyl (C=O) groups excluding carboxylic acids is 3. The van der Waals surface area contributed by atoms with Crippen LogP contribution in [0.25, 0.3) is 0 Å². The van der Waals surface area contributed by atoms with E-state index in [1.807, 2.05) is 20.8 Å². The van der Waals surface area contributed by atoms with Gasteiger partial charge in [0.2, 0.25) is 5.91 Å². The number of methoxy groups -OCH3 is 1. The summed E-state index contributed by atoms with van der Waals surface area (Å²) in [6.45, 7) is 7.73. The molecule has 3 amide bonds. The van der Waals surface area contributed by atoms with Crippen molar-refractivity contribution in [2.24, 2.45) is 5.92 Å². The molecule has 1 rings (SSSR count). The second-order valence-electron chi connectivity index (χ2n) is 6.20. The summed E-state index contributed by atoms with van der Waals surface area (Å²) in [5, 5.41) is 2.73. The standard InChI is InChI=1S/C17H28N2O4/c1-6-8-12(18-15(20)7-2)17(22)19-13(9-11(3)4)14(23-5)10-16(19)21/h10-13H,6-9H2,1-5H3,(H,18,20). The van der Waals surface area contributed by atoms with E-state index in [1.165, 1.54) is 18.1 Å². The SMILES string of the molecule is CCCC(NC(=O)CC)C(=O)N1C(=O)C=C(OC)C1CC(C)C. The number of nitrogens with one attached hydrogen (secondary N) is 1. The topological polar surface area (TPSA) is 75.7 Å². The maximum absolute atomic E-state index is 12.9. The van der Waals surface area contributed by atoms with Gasteiger partial charge in [0.1, 0.15) is 11.8 Å². The van der Waals surface area contributed by atoms with E-state index in [2.05, 4.69) is 5.32 Å². The normalized spacial score (nSPS) is 18.9. The number of nitrogens with zero attached hydrogens (tertiary/aromatic N) is 1. The van der Waals surface area contributed by atoms with Crippen molar-refractivity contribution >= 4 is 17.7 Å². The highest BCUT2D eigenvalue weighted by Crippen LogP contribution is 2.27. The van der Waals surface area contributed by atoms with Crippen LogP contribution in [0.5, 0.6) is 0 Å². The average molecular weight is 324 g/mol. The molecule has 0 saturated carbocycles. The molecule has 1 heterocycles. The molecular weight excluding hydrogens is 296 g/mol. The molecule has 2 unspecified atom stereocenters. The van der Waals surface area contributed by atoms with Gasteiger partial charge in [0.05, 0.1) is 13.2 Å². The highest BCUT2D eigenvalue weighted by atomic mass is 16.5. The van der Waals surface area contributed by atoms with E-state index in [-0.39, 0.29) is 17.7 Å². The predicted molar refractivity (Wildman–Crippen MR) is 87.3 cm³/mol. The lowest BCUT2D eigenvalue weighted by molar-refractivity contribution is -0.146. The molecule has 2 atom stereocenters. The maximum Gasteiger partial charge on any atom is 0.257 e. The van der Waals surface area contributed by atoms with Crippen LogP contribution >= 0.6 is 0 Å². The number of amides is 3. The van der Waals surface area contributed by atoms with E-state index in [4.69, 9.17) is 4.74 Å². The molecule has 0 aromatic rings. The fraction of sp³-hybridized carbons (Fsp3) is 0.706. The van der Waals surface area contributed by atoms with Crippen molar-refractivity contribution in [1.29, 1.82) is 0 Å². The van der Waals surface area contributed by atoms with E-state index in [9.17, 15) is 14.4 Å². The van der Waals surface area contributed by atoms with Gasteiger partial charge >= 0.3 is 0 Å². The molecule has 130 valence electrons. The summed E-state index contributed by atoms with van der Waals surface area (Å²) < 4.78 is 5.28. The third kappa shape index (κ3) is 4.81. The smallest absolute Gasteiger partial charge is 0.257 e. The van der Waals surface area contributed by atoms with Crippen molar-refractivity contribution in [3.63, 3.8) is 0 Å². The van der Waals surface area contributed by atoms with Gasteiger partial charge in [0.25, 0.3) is 11.8 Å². The Morgan fingerprint density at radius 1 is 1.35 bits per heavy atom. The Kier molecular flexibility index (Phi) is 7.26. The van der Waals surface area contributed by atoms with Crippen LogP contribution in [0.2, 0.25) is 0 Å². The van der Waals surface area contributed by atoms with Gasteiger partial charge in [-0.2, -0.15) is 0 Å². The number of carbonyl (C=O) groups is 3. The second-order valence-corrected chi connectivity index (χ2v) is 6.20. The van der Waals surface area contributed by atoms with Crippen LogP contribution < -0.4 is 5.32 Å². The Hall–Kier alpha value is -1.85. The summed E-state index contributed by atoms with van der Waals surface area (Å²) in [4.78, 5) is 38.0. The molecule has 6 heteroatoms. The first-order valence-electron chi connectivity index (χ1n) is 8.27. The van der Waals surface area contributed by atoms with Crippen molar-refractivity contribution in [1.82, 2.24) is 10.2 Å².